The van der Waals surface area contributed by atoms with Crippen LogP contribution in [-0.4, -0.2) is 3.21 Å². The van der Waals surface area contributed by atoms with Crippen molar-refractivity contribution >= 4 is 35.9 Å². The molecule has 3 heteroatoms. The van der Waals surface area contributed by atoms with Crippen molar-refractivity contribution in [3.8, 4) is 0 Å². The Morgan fingerprint density at radius 2 is 1.27 bits per heavy atom. The summed E-state index contributed by atoms with van der Waals surface area (Å²) >= 11 is 1.51. The first kappa shape index (κ1) is 33.3. The fraction of sp³-hybridized carbons (Fsp3) is 0.263. The normalized spacial score (nSPS) is 16.3. The SMILES string of the molecule is CC1=CC(C)(C)c2cc3[cH-]c4cc5c(cc4c3cc21)C(C)=CC5(C)C.C[C](=[Zr+2])c1ccccc1.[C-]1=CC=CC1.[Cl-].[Cl-]. The molecule has 0 radical (unpaired) electrons. The zero-order valence-electron chi connectivity index (χ0n) is 25.1. The summed E-state index contributed by atoms with van der Waals surface area (Å²) in [5.74, 6) is 0. The molecule has 0 saturated carbocycles. The second-order valence-electron chi connectivity index (χ2n) is 12.2. The third kappa shape index (κ3) is 6.75. The second-order valence-corrected chi connectivity index (χ2v) is 14.1. The predicted molar refractivity (Wildman–Crippen MR) is 168 cm³/mol. The summed E-state index contributed by atoms with van der Waals surface area (Å²) in [5, 5.41) is 5.57. The Balaban J connectivity index is 0.000000240. The van der Waals surface area contributed by atoms with Gasteiger partial charge in [0.2, 0.25) is 0 Å². The first-order chi connectivity index (χ1) is 18.5. The predicted octanol–water partition coefficient (Wildman–Crippen LogP) is 4.19. The molecule has 0 saturated heterocycles. The summed E-state index contributed by atoms with van der Waals surface area (Å²) in [4.78, 5) is 0. The van der Waals surface area contributed by atoms with Gasteiger partial charge in [0.25, 0.3) is 0 Å². The molecule has 3 aliphatic carbocycles. The molecule has 0 N–H and O–H groups in total. The van der Waals surface area contributed by atoms with Gasteiger partial charge in [-0.25, -0.2) is 12.2 Å². The van der Waals surface area contributed by atoms with Crippen LogP contribution in [0.3, 0.4) is 0 Å². The topological polar surface area (TPSA) is 0 Å². The maximum Gasteiger partial charge on any atom is -0.109 e. The molecular weight excluding hydrogens is 619 g/mol. The molecule has 0 heterocycles. The Labute approximate surface area is 273 Å². The van der Waals surface area contributed by atoms with Gasteiger partial charge in [-0.05, 0) is 36.1 Å². The monoisotopic (exact) mass is 654 g/mol. The molecule has 0 unspecified atom stereocenters. The van der Waals surface area contributed by atoms with Gasteiger partial charge in [-0.1, -0.05) is 63.1 Å². The van der Waals surface area contributed by atoms with E-state index < -0.39 is 0 Å². The van der Waals surface area contributed by atoms with Crippen LogP contribution in [0.5, 0.6) is 0 Å². The van der Waals surface area contributed by atoms with Gasteiger partial charge in [0.15, 0.2) is 0 Å². The molecule has 0 aliphatic heterocycles. The average Bonchev–Trinajstić information content (AvgIpc) is 3.66. The molecule has 4 aromatic rings. The van der Waals surface area contributed by atoms with E-state index >= 15 is 0 Å². The largest absolute Gasteiger partial charge is 1.00 e. The third-order valence-electron chi connectivity index (χ3n) is 8.17. The van der Waals surface area contributed by atoms with E-state index in [0.717, 1.165) is 6.42 Å². The van der Waals surface area contributed by atoms with Crippen molar-refractivity contribution in [2.75, 3.05) is 0 Å². The zero-order valence-corrected chi connectivity index (χ0v) is 29.1. The minimum atomic E-state index is 0. The minimum absolute atomic E-state index is 0. The van der Waals surface area contributed by atoms with E-state index in [-0.39, 0.29) is 35.6 Å². The van der Waals surface area contributed by atoms with E-state index in [2.05, 4.69) is 127 Å². The van der Waals surface area contributed by atoms with E-state index in [1.807, 2.05) is 18.2 Å². The molecule has 0 spiro atoms. The van der Waals surface area contributed by atoms with E-state index in [1.54, 1.807) is 0 Å². The Hall–Kier alpha value is -2.18. The van der Waals surface area contributed by atoms with Crippen molar-refractivity contribution in [2.45, 2.75) is 65.7 Å². The first-order valence-corrected chi connectivity index (χ1v) is 15.1. The van der Waals surface area contributed by atoms with Crippen LogP contribution in [0.1, 0.15) is 82.7 Å². The smallest absolute Gasteiger partial charge is 0.109 e. The third-order valence-corrected chi connectivity index (χ3v) is 8.88. The number of allylic oxidation sites excluding steroid dienone is 8. The summed E-state index contributed by atoms with van der Waals surface area (Å²) in [7, 11) is 0. The molecule has 0 nitrogen and oxygen atoms in total. The summed E-state index contributed by atoms with van der Waals surface area (Å²) in [6.45, 7) is 15.9. The van der Waals surface area contributed by atoms with Gasteiger partial charge in [-0.2, -0.15) is 6.08 Å². The Kier molecular flexibility index (Phi) is 10.6. The molecule has 210 valence electrons. The standard InChI is InChI=1S/C25H25.C8H8.C5H5.2ClH.Zr/c1-14-12-24(3,4)22-8-16-7-17-9-23-19(15(2)13-25(23,5)6)11-21(17)20(16)10-18(14)22;1-2-8-6-4-3-5-7-8;1-2-4-5-3-1;;;/h7-13H,1-6H3;3-7H,1H3;1-3H,4H2;2*1H;/q-1;;-1;;;+2/p-2. The Bertz CT molecular complexity index is 1610. The van der Waals surface area contributed by atoms with Crippen molar-refractivity contribution in [1.29, 1.82) is 0 Å². The number of hydrogen-bond donors (Lipinski definition) is 0. The van der Waals surface area contributed by atoms with Crippen molar-refractivity contribution in [1.82, 2.24) is 0 Å². The molecule has 3 aliphatic rings. The van der Waals surface area contributed by atoms with Gasteiger partial charge in [0.1, 0.15) is 0 Å². The van der Waals surface area contributed by atoms with Crippen LogP contribution in [0.25, 0.3) is 32.7 Å². The number of hydrogen-bond acceptors (Lipinski definition) is 0. The molecule has 0 fully saturated rings. The van der Waals surface area contributed by atoms with Gasteiger partial charge in [-0.3, -0.25) is 6.08 Å². The first-order valence-electron chi connectivity index (χ1n) is 13.9. The number of halogens is 2. The number of benzene rings is 3. The molecular formula is C38H38Cl2Zr-2. The number of fused-ring (bicyclic) bond motifs is 5. The summed E-state index contributed by atoms with van der Waals surface area (Å²) in [6.07, 6.45) is 14.8. The van der Waals surface area contributed by atoms with Crippen LogP contribution < -0.4 is 24.8 Å². The van der Waals surface area contributed by atoms with Gasteiger partial charge in [0.05, 0.1) is 0 Å². The van der Waals surface area contributed by atoms with Gasteiger partial charge in [0, 0.05) is 10.8 Å². The van der Waals surface area contributed by atoms with Crippen LogP contribution in [0.2, 0.25) is 0 Å². The Morgan fingerprint density at radius 1 is 0.780 bits per heavy atom. The molecule has 4 aromatic carbocycles. The number of rotatable bonds is 1. The van der Waals surface area contributed by atoms with Gasteiger partial charge < -0.3 is 24.8 Å². The molecule has 41 heavy (non-hydrogen) atoms. The zero-order chi connectivity index (χ0) is 27.9. The summed E-state index contributed by atoms with van der Waals surface area (Å²) in [5.41, 5.74) is 10.3. The van der Waals surface area contributed by atoms with E-state index in [9.17, 15) is 0 Å². The molecule has 7 rings (SSSR count). The van der Waals surface area contributed by atoms with Crippen LogP contribution in [0, 0.1) is 6.08 Å². The Morgan fingerprint density at radius 3 is 1.61 bits per heavy atom. The molecule has 0 amide bonds. The van der Waals surface area contributed by atoms with E-state index in [4.69, 9.17) is 0 Å². The summed E-state index contributed by atoms with van der Waals surface area (Å²) < 4.78 is 1.46. The molecule has 0 atom stereocenters. The van der Waals surface area contributed by atoms with Gasteiger partial charge in [-0.15, -0.1) is 46.2 Å². The fourth-order valence-corrected chi connectivity index (χ4v) is 6.66. The van der Waals surface area contributed by atoms with Crippen LogP contribution in [0.4, 0.5) is 0 Å². The maximum atomic E-state index is 2.99. The molecule has 0 aromatic heterocycles. The maximum absolute atomic E-state index is 2.99. The quantitative estimate of drug-likeness (QED) is 0.270. The average molecular weight is 657 g/mol. The van der Waals surface area contributed by atoms with Crippen LogP contribution >= 0.6 is 0 Å². The van der Waals surface area contributed by atoms with Crippen LogP contribution in [-0.2, 0) is 35.1 Å². The summed E-state index contributed by atoms with van der Waals surface area (Å²) in [6, 6.07) is 22.6. The van der Waals surface area contributed by atoms with Gasteiger partial charge >= 0.3 is 70.3 Å². The van der Waals surface area contributed by atoms with Crippen molar-refractivity contribution in [3.63, 3.8) is 0 Å². The van der Waals surface area contributed by atoms with E-state index in [0.29, 0.717) is 0 Å². The van der Waals surface area contributed by atoms with Crippen LogP contribution in [0.15, 0.2) is 91.0 Å². The second kappa shape index (κ2) is 13.0. The minimum Gasteiger partial charge on any atom is -1.00 e. The fourth-order valence-electron chi connectivity index (χ4n) is 6.25. The van der Waals surface area contributed by atoms with Crippen molar-refractivity contribution in [3.05, 3.63) is 125 Å². The molecule has 0 bridgehead atoms. The van der Waals surface area contributed by atoms with E-state index in [1.165, 1.54) is 87.9 Å². The van der Waals surface area contributed by atoms with Crippen molar-refractivity contribution in [2.24, 2.45) is 0 Å². The van der Waals surface area contributed by atoms with Crippen molar-refractivity contribution < 1.29 is 49.0 Å².